The molecule has 0 aliphatic heterocycles. The molecule has 3 N–H and O–H groups in total. The molecule has 1 aliphatic rings. The zero-order chi connectivity index (χ0) is 23.6. The Morgan fingerprint density at radius 2 is 1.58 bits per heavy atom. The molecule has 0 amide bonds. The number of hydrogen-bond donors (Lipinski definition) is 3. The Morgan fingerprint density at radius 3 is 2.30 bits per heavy atom. The van der Waals surface area contributed by atoms with Gasteiger partial charge in [0, 0.05) is 27.2 Å². The average molecular weight is 505 g/mol. The standard InChI is InChI=1S/C26H24Cl3NO3/c1-26(32,30-8-10-33-11-9-31)24-15-19(29)14-23-21(12-16-2-4-17(27)5-3-16)22-13-18(28)6-7-20(22)25(23)24/h2-7,12-15,30-32H,8-11H2,1H3/b21-12-. The Kier molecular flexibility index (Phi) is 7.46. The minimum Gasteiger partial charge on any atom is -0.394 e. The number of halogens is 3. The van der Waals surface area contributed by atoms with Crippen LogP contribution in [0.25, 0.3) is 22.8 Å². The van der Waals surface area contributed by atoms with Crippen LogP contribution in [0.4, 0.5) is 0 Å². The third-order valence-electron chi connectivity index (χ3n) is 5.59. The number of nitrogens with one attached hydrogen (secondary N) is 1. The molecule has 1 unspecified atom stereocenters. The third-order valence-corrected chi connectivity index (χ3v) is 6.30. The fourth-order valence-corrected chi connectivity index (χ4v) is 4.62. The molecule has 1 atom stereocenters. The highest BCUT2D eigenvalue weighted by Gasteiger charge is 2.33. The lowest BCUT2D eigenvalue weighted by atomic mass is 9.92. The summed E-state index contributed by atoms with van der Waals surface area (Å²) in [6.07, 6.45) is 2.07. The fraction of sp³-hybridized carbons (Fsp3) is 0.231. The van der Waals surface area contributed by atoms with E-state index in [9.17, 15) is 5.11 Å². The largest absolute Gasteiger partial charge is 0.394 e. The van der Waals surface area contributed by atoms with Gasteiger partial charge in [-0.05, 0) is 82.8 Å². The van der Waals surface area contributed by atoms with E-state index in [4.69, 9.17) is 44.6 Å². The molecule has 0 spiro atoms. The summed E-state index contributed by atoms with van der Waals surface area (Å²) in [5.74, 6) is 0. The van der Waals surface area contributed by atoms with E-state index >= 15 is 0 Å². The van der Waals surface area contributed by atoms with Crippen LogP contribution in [0.1, 0.15) is 29.2 Å². The molecule has 4 rings (SSSR count). The first kappa shape index (κ1) is 24.2. The van der Waals surface area contributed by atoms with Crippen molar-refractivity contribution in [2.24, 2.45) is 0 Å². The molecule has 0 heterocycles. The molecule has 0 aromatic heterocycles. The summed E-state index contributed by atoms with van der Waals surface area (Å²) in [5, 5.41) is 25.2. The van der Waals surface area contributed by atoms with E-state index in [1.807, 2.05) is 48.5 Å². The number of aliphatic hydroxyl groups is 2. The SMILES string of the molecule is CC(O)(NCCOCCO)c1cc(Cl)cc2c1-c1ccc(Cl)cc1/C2=C/c1ccc(Cl)cc1. The van der Waals surface area contributed by atoms with Gasteiger partial charge >= 0.3 is 0 Å². The van der Waals surface area contributed by atoms with Crippen molar-refractivity contribution in [3.63, 3.8) is 0 Å². The lowest BCUT2D eigenvalue weighted by molar-refractivity contribution is 0.00857. The average Bonchev–Trinajstić information content (AvgIpc) is 3.07. The van der Waals surface area contributed by atoms with Crippen LogP contribution in [0.15, 0.2) is 54.6 Å². The minimum atomic E-state index is -1.37. The van der Waals surface area contributed by atoms with Crippen LogP contribution in [-0.2, 0) is 10.5 Å². The molecular formula is C26H24Cl3NO3. The molecule has 3 aromatic carbocycles. The van der Waals surface area contributed by atoms with Gasteiger partial charge in [-0.2, -0.15) is 0 Å². The monoisotopic (exact) mass is 503 g/mol. The maximum atomic E-state index is 11.4. The van der Waals surface area contributed by atoms with Crippen molar-refractivity contribution < 1.29 is 14.9 Å². The van der Waals surface area contributed by atoms with Gasteiger partial charge in [0.25, 0.3) is 0 Å². The molecule has 0 bridgehead atoms. The highest BCUT2D eigenvalue weighted by molar-refractivity contribution is 6.32. The Hall–Kier alpha value is -1.89. The van der Waals surface area contributed by atoms with Gasteiger partial charge in [0.05, 0.1) is 19.8 Å². The molecule has 7 heteroatoms. The zero-order valence-corrected chi connectivity index (χ0v) is 20.3. The summed E-state index contributed by atoms with van der Waals surface area (Å²) in [7, 11) is 0. The lowest BCUT2D eigenvalue weighted by Crippen LogP contribution is -2.41. The molecular weight excluding hydrogens is 481 g/mol. The van der Waals surface area contributed by atoms with Crippen molar-refractivity contribution >= 4 is 46.5 Å². The second-order valence-electron chi connectivity index (χ2n) is 8.01. The van der Waals surface area contributed by atoms with Gasteiger partial charge in [0.1, 0.15) is 5.72 Å². The van der Waals surface area contributed by atoms with Crippen LogP contribution in [0.3, 0.4) is 0 Å². The molecule has 0 fully saturated rings. The molecule has 0 saturated heterocycles. The van der Waals surface area contributed by atoms with E-state index in [2.05, 4.69) is 11.4 Å². The predicted octanol–water partition coefficient (Wildman–Crippen LogP) is 5.98. The number of rotatable bonds is 8. The summed E-state index contributed by atoms with van der Waals surface area (Å²) < 4.78 is 5.31. The Morgan fingerprint density at radius 1 is 0.879 bits per heavy atom. The van der Waals surface area contributed by atoms with Crippen LogP contribution >= 0.6 is 34.8 Å². The maximum Gasteiger partial charge on any atom is 0.140 e. The van der Waals surface area contributed by atoms with Gasteiger partial charge in [-0.1, -0.05) is 53.0 Å². The lowest BCUT2D eigenvalue weighted by Gasteiger charge is -2.28. The second kappa shape index (κ2) is 10.2. The molecule has 0 radical (unpaired) electrons. The number of benzene rings is 3. The van der Waals surface area contributed by atoms with Crippen LogP contribution in [0.5, 0.6) is 0 Å². The molecule has 33 heavy (non-hydrogen) atoms. The van der Waals surface area contributed by atoms with Crippen molar-refractivity contribution in [3.05, 3.63) is 91.9 Å². The van der Waals surface area contributed by atoms with Crippen LogP contribution in [0.2, 0.25) is 15.1 Å². The normalized spacial score (nSPS) is 15.4. The topological polar surface area (TPSA) is 61.7 Å². The fourth-order valence-electron chi connectivity index (χ4n) is 4.11. The van der Waals surface area contributed by atoms with Crippen molar-refractivity contribution in [2.75, 3.05) is 26.4 Å². The van der Waals surface area contributed by atoms with Crippen LogP contribution in [0, 0.1) is 0 Å². The van der Waals surface area contributed by atoms with Crippen molar-refractivity contribution in [1.82, 2.24) is 5.32 Å². The van der Waals surface area contributed by atoms with Crippen LogP contribution < -0.4 is 5.32 Å². The number of fused-ring (bicyclic) bond motifs is 3. The van der Waals surface area contributed by atoms with E-state index in [0.29, 0.717) is 33.8 Å². The van der Waals surface area contributed by atoms with Crippen LogP contribution in [-0.4, -0.2) is 36.6 Å². The van der Waals surface area contributed by atoms with Gasteiger partial charge in [0.15, 0.2) is 0 Å². The van der Waals surface area contributed by atoms with Gasteiger partial charge in [-0.15, -0.1) is 0 Å². The molecule has 4 nitrogen and oxygen atoms in total. The summed E-state index contributed by atoms with van der Waals surface area (Å²) in [5.41, 5.74) is 5.01. The smallest absolute Gasteiger partial charge is 0.140 e. The Balaban J connectivity index is 1.82. The summed E-state index contributed by atoms with van der Waals surface area (Å²) in [6.45, 7) is 2.66. The van der Waals surface area contributed by atoms with E-state index in [1.165, 1.54) is 0 Å². The van der Waals surface area contributed by atoms with Gasteiger partial charge in [-0.25, -0.2) is 0 Å². The van der Waals surface area contributed by atoms with E-state index in [0.717, 1.165) is 33.4 Å². The first-order valence-electron chi connectivity index (χ1n) is 10.6. The molecule has 0 saturated carbocycles. The second-order valence-corrected chi connectivity index (χ2v) is 9.32. The third kappa shape index (κ3) is 5.28. The molecule has 172 valence electrons. The predicted molar refractivity (Wildman–Crippen MR) is 136 cm³/mol. The zero-order valence-electron chi connectivity index (χ0n) is 18.0. The number of hydrogen-bond acceptors (Lipinski definition) is 4. The molecule has 1 aliphatic carbocycles. The van der Waals surface area contributed by atoms with Crippen molar-refractivity contribution in [1.29, 1.82) is 0 Å². The number of aliphatic hydroxyl groups excluding tert-OH is 1. The molecule has 3 aromatic rings. The van der Waals surface area contributed by atoms with E-state index < -0.39 is 5.72 Å². The van der Waals surface area contributed by atoms with E-state index in [1.54, 1.807) is 13.0 Å². The first-order chi connectivity index (χ1) is 15.8. The van der Waals surface area contributed by atoms with Gasteiger partial charge in [-0.3, -0.25) is 5.32 Å². The Labute approximate surface area is 208 Å². The van der Waals surface area contributed by atoms with Gasteiger partial charge in [0.2, 0.25) is 0 Å². The highest BCUT2D eigenvalue weighted by atomic mass is 35.5. The quantitative estimate of drug-likeness (QED) is 0.204. The van der Waals surface area contributed by atoms with Crippen molar-refractivity contribution in [2.45, 2.75) is 12.6 Å². The number of ether oxygens (including phenoxy) is 1. The Bertz CT molecular complexity index is 1190. The summed E-state index contributed by atoms with van der Waals surface area (Å²) in [4.78, 5) is 0. The minimum absolute atomic E-state index is 0.0414. The van der Waals surface area contributed by atoms with Gasteiger partial charge < -0.3 is 14.9 Å². The highest BCUT2D eigenvalue weighted by Crippen LogP contribution is 2.50. The first-order valence-corrected chi connectivity index (χ1v) is 11.7. The van der Waals surface area contributed by atoms with E-state index in [-0.39, 0.29) is 13.2 Å². The van der Waals surface area contributed by atoms with Crippen molar-refractivity contribution in [3.8, 4) is 11.1 Å². The summed E-state index contributed by atoms with van der Waals surface area (Å²) >= 11 is 19.0. The maximum absolute atomic E-state index is 11.4. The summed E-state index contributed by atoms with van der Waals surface area (Å²) in [6, 6.07) is 17.0.